The molecular formula is C15H13ClO4. The predicted molar refractivity (Wildman–Crippen MR) is 74.6 cm³/mol. The fraction of sp³-hybridized carbons (Fsp3) is 0.200. The van der Waals surface area contributed by atoms with E-state index in [-0.39, 0.29) is 6.79 Å². The van der Waals surface area contributed by atoms with Gasteiger partial charge in [-0.2, -0.15) is 0 Å². The Balaban J connectivity index is 1.94. The number of halogens is 1. The summed E-state index contributed by atoms with van der Waals surface area (Å²) in [4.78, 5) is 0. The number of fused-ring (bicyclic) bond motifs is 1. The van der Waals surface area contributed by atoms with E-state index in [0.29, 0.717) is 27.8 Å². The average Bonchev–Trinajstić information content (AvgIpc) is 2.94. The monoisotopic (exact) mass is 292 g/mol. The van der Waals surface area contributed by atoms with Gasteiger partial charge in [0, 0.05) is 0 Å². The van der Waals surface area contributed by atoms with Gasteiger partial charge in [-0.15, -0.1) is 0 Å². The van der Waals surface area contributed by atoms with Crippen molar-refractivity contribution in [3.05, 3.63) is 52.5 Å². The van der Waals surface area contributed by atoms with Crippen LogP contribution in [0.25, 0.3) is 0 Å². The number of methoxy groups -OCH3 is 1. The summed E-state index contributed by atoms with van der Waals surface area (Å²) >= 11 is 5.98. The third-order valence-electron chi connectivity index (χ3n) is 3.20. The van der Waals surface area contributed by atoms with Gasteiger partial charge in [0.15, 0.2) is 11.5 Å². The Morgan fingerprint density at radius 2 is 1.80 bits per heavy atom. The summed E-state index contributed by atoms with van der Waals surface area (Å²) in [6.07, 6.45) is -0.782. The third kappa shape index (κ3) is 2.28. The Hall–Kier alpha value is -1.91. The highest BCUT2D eigenvalue weighted by Gasteiger charge is 2.18. The van der Waals surface area contributed by atoms with Crippen LogP contribution in [-0.4, -0.2) is 19.0 Å². The Morgan fingerprint density at radius 1 is 1.10 bits per heavy atom. The number of aliphatic hydroxyl groups is 1. The molecule has 5 heteroatoms. The molecule has 0 fully saturated rings. The van der Waals surface area contributed by atoms with Crippen LogP contribution in [0.2, 0.25) is 5.02 Å². The van der Waals surface area contributed by atoms with Crippen molar-refractivity contribution in [1.29, 1.82) is 0 Å². The van der Waals surface area contributed by atoms with Crippen molar-refractivity contribution in [2.75, 3.05) is 13.9 Å². The number of rotatable bonds is 3. The van der Waals surface area contributed by atoms with Crippen molar-refractivity contribution in [2.45, 2.75) is 6.10 Å². The fourth-order valence-corrected chi connectivity index (χ4v) is 2.32. The highest BCUT2D eigenvalue weighted by Crippen LogP contribution is 2.36. The molecular weight excluding hydrogens is 280 g/mol. The largest absolute Gasteiger partial charge is 0.495 e. The van der Waals surface area contributed by atoms with E-state index in [1.165, 1.54) is 7.11 Å². The minimum atomic E-state index is -0.782. The maximum Gasteiger partial charge on any atom is 0.231 e. The smallest absolute Gasteiger partial charge is 0.231 e. The van der Waals surface area contributed by atoms with E-state index < -0.39 is 6.10 Å². The molecule has 1 unspecified atom stereocenters. The quantitative estimate of drug-likeness (QED) is 0.944. The second kappa shape index (κ2) is 5.23. The molecule has 4 nitrogen and oxygen atoms in total. The van der Waals surface area contributed by atoms with Crippen LogP contribution >= 0.6 is 11.6 Å². The average molecular weight is 293 g/mol. The molecule has 0 aromatic heterocycles. The van der Waals surface area contributed by atoms with Crippen molar-refractivity contribution in [1.82, 2.24) is 0 Å². The van der Waals surface area contributed by atoms with E-state index in [9.17, 15) is 5.11 Å². The summed E-state index contributed by atoms with van der Waals surface area (Å²) in [5.74, 6) is 1.86. The zero-order valence-corrected chi connectivity index (χ0v) is 11.6. The minimum absolute atomic E-state index is 0.212. The zero-order chi connectivity index (χ0) is 14.1. The van der Waals surface area contributed by atoms with E-state index in [0.717, 1.165) is 5.56 Å². The molecule has 0 saturated carbocycles. The zero-order valence-electron chi connectivity index (χ0n) is 10.8. The molecule has 1 aliphatic heterocycles. The molecule has 2 aromatic rings. The molecule has 1 atom stereocenters. The normalized spacial score (nSPS) is 14.2. The molecule has 1 heterocycles. The Labute approximate surface area is 121 Å². The lowest BCUT2D eigenvalue weighted by Gasteiger charge is -2.14. The Bertz CT molecular complexity index is 631. The molecule has 0 bridgehead atoms. The molecule has 104 valence electrons. The lowest BCUT2D eigenvalue weighted by Crippen LogP contribution is -2.00. The first-order chi connectivity index (χ1) is 9.69. The van der Waals surface area contributed by atoms with Crippen LogP contribution in [0.1, 0.15) is 17.2 Å². The van der Waals surface area contributed by atoms with Crippen molar-refractivity contribution in [3.63, 3.8) is 0 Å². The van der Waals surface area contributed by atoms with Gasteiger partial charge in [0.25, 0.3) is 0 Å². The van der Waals surface area contributed by atoms with E-state index in [2.05, 4.69) is 0 Å². The van der Waals surface area contributed by atoms with Crippen molar-refractivity contribution < 1.29 is 19.3 Å². The SMILES string of the molecule is COc1cc(C(O)c2ccc3c(c2)OCO3)ccc1Cl. The van der Waals surface area contributed by atoms with Gasteiger partial charge >= 0.3 is 0 Å². The van der Waals surface area contributed by atoms with Gasteiger partial charge in [0.05, 0.1) is 12.1 Å². The van der Waals surface area contributed by atoms with E-state index in [1.54, 1.807) is 36.4 Å². The summed E-state index contributed by atoms with van der Waals surface area (Å²) in [5.41, 5.74) is 1.42. The van der Waals surface area contributed by atoms with Gasteiger partial charge in [-0.1, -0.05) is 23.7 Å². The van der Waals surface area contributed by atoms with Crippen LogP contribution in [-0.2, 0) is 0 Å². The van der Waals surface area contributed by atoms with E-state index >= 15 is 0 Å². The van der Waals surface area contributed by atoms with Gasteiger partial charge in [0.2, 0.25) is 6.79 Å². The van der Waals surface area contributed by atoms with Gasteiger partial charge in [-0.3, -0.25) is 0 Å². The highest BCUT2D eigenvalue weighted by molar-refractivity contribution is 6.32. The molecule has 0 aliphatic carbocycles. The van der Waals surface area contributed by atoms with Crippen LogP contribution in [0.4, 0.5) is 0 Å². The van der Waals surface area contributed by atoms with Crippen LogP contribution in [0.3, 0.4) is 0 Å². The number of aliphatic hydroxyl groups excluding tert-OH is 1. The maximum absolute atomic E-state index is 10.4. The molecule has 1 aliphatic rings. The second-order valence-corrected chi connectivity index (χ2v) is 4.82. The second-order valence-electron chi connectivity index (χ2n) is 4.41. The molecule has 20 heavy (non-hydrogen) atoms. The standard InChI is InChI=1S/C15H13ClO4/c1-18-13-6-9(2-4-11(13)16)15(17)10-3-5-12-14(7-10)20-8-19-12/h2-7,15,17H,8H2,1H3. The number of ether oxygens (including phenoxy) is 3. The number of hydrogen-bond donors (Lipinski definition) is 1. The number of hydrogen-bond acceptors (Lipinski definition) is 4. The van der Waals surface area contributed by atoms with Gasteiger partial charge in [0.1, 0.15) is 11.9 Å². The first kappa shape index (κ1) is 13.1. The molecule has 1 N–H and O–H groups in total. The first-order valence-corrected chi connectivity index (χ1v) is 6.48. The van der Waals surface area contributed by atoms with Gasteiger partial charge in [-0.05, 0) is 35.4 Å². The summed E-state index contributed by atoms with van der Waals surface area (Å²) in [5, 5.41) is 10.9. The molecule has 0 radical (unpaired) electrons. The maximum atomic E-state index is 10.4. The van der Waals surface area contributed by atoms with Crippen LogP contribution in [0.5, 0.6) is 17.2 Å². The van der Waals surface area contributed by atoms with Crippen molar-refractivity contribution in [2.24, 2.45) is 0 Å². The fourth-order valence-electron chi connectivity index (χ4n) is 2.12. The third-order valence-corrected chi connectivity index (χ3v) is 3.52. The summed E-state index contributed by atoms with van der Waals surface area (Å²) in [6.45, 7) is 0.212. The molecule has 3 rings (SSSR count). The Morgan fingerprint density at radius 3 is 2.60 bits per heavy atom. The molecule has 0 spiro atoms. The van der Waals surface area contributed by atoms with Crippen molar-refractivity contribution in [3.8, 4) is 17.2 Å². The van der Waals surface area contributed by atoms with Crippen LogP contribution in [0.15, 0.2) is 36.4 Å². The van der Waals surface area contributed by atoms with Crippen LogP contribution < -0.4 is 14.2 Å². The van der Waals surface area contributed by atoms with Crippen molar-refractivity contribution >= 4 is 11.6 Å². The first-order valence-electron chi connectivity index (χ1n) is 6.10. The number of benzene rings is 2. The van der Waals surface area contributed by atoms with Gasteiger partial charge in [-0.25, -0.2) is 0 Å². The lowest BCUT2D eigenvalue weighted by atomic mass is 10.0. The van der Waals surface area contributed by atoms with Crippen LogP contribution in [0, 0.1) is 0 Å². The summed E-state index contributed by atoms with van der Waals surface area (Å²) in [7, 11) is 1.54. The predicted octanol–water partition coefficient (Wildman–Crippen LogP) is 3.16. The summed E-state index contributed by atoms with van der Waals surface area (Å²) < 4.78 is 15.7. The molecule has 2 aromatic carbocycles. The lowest BCUT2D eigenvalue weighted by molar-refractivity contribution is 0.173. The topological polar surface area (TPSA) is 47.9 Å². The van der Waals surface area contributed by atoms with E-state index in [4.69, 9.17) is 25.8 Å². The molecule has 0 saturated heterocycles. The highest BCUT2D eigenvalue weighted by atomic mass is 35.5. The van der Waals surface area contributed by atoms with Gasteiger partial charge < -0.3 is 19.3 Å². The minimum Gasteiger partial charge on any atom is -0.495 e. The molecule has 0 amide bonds. The summed E-state index contributed by atoms with van der Waals surface area (Å²) in [6, 6.07) is 10.5. The van der Waals surface area contributed by atoms with E-state index in [1.807, 2.05) is 0 Å². The Kier molecular flexibility index (Phi) is 3.42.